The predicted molar refractivity (Wildman–Crippen MR) is 104 cm³/mol. The number of hydrogen-bond acceptors (Lipinski definition) is 9. The first-order valence-corrected chi connectivity index (χ1v) is 8.41. The van der Waals surface area contributed by atoms with Gasteiger partial charge in [0, 0.05) is 24.4 Å². The molecular formula is C16H23ClN6O5. The molecule has 0 atom stereocenters. The first-order chi connectivity index (χ1) is 13.0. The molecule has 2 aromatic rings. The van der Waals surface area contributed by atoms with Gasteiger partial charge in [-0.25, -0.2) is 4.79 Å². The molecule has 0 saturated carbocycles. The number of likely N-dealkylation sites (N-methyl/N-ethyl adjacent to an activating group) is 1. The van der Waals surface area contributed by atoms with Crippen molar-refractivity contribution in [1.29, 1.82) is 0 Å². The number of anilines is 2. The number of methoxy groups -OCH3 is 1. The summed E-state index contributed by atoms with van der Waals surface area (Å²) in [7, 11) is 1.19. The monoisotopic (exact) mass is 414 g/mol. The Balaban J connectivity index is 0.00000392. The van der Waals surface area contributed by atoms with Gasteiger partial charge in [-0.2, -0.15) is 4.80 Å². The van der Waals surface area contributed by atoms with E-state index in [0.29, 0.717) is 12.2 Å². The van der Waals surface area contributed by atoms with E-state index in [9.17, 15) is 14.9 Å². The van der Waals surface area contributed by atoms with E-state index in [0.717, 1.165) is 19.6 Å². The van der Waals surface area contributed by atoms with Gasteiger partial charge in [0.15, 0.2) is 0 Å². The van der Waals surface area contributed by atoms with Crippen LogP contribution in [0.1, 0.15) is 13.8 Å². The summed E-state index contributed by atoms with van der Waals surface area (Å²) in [6, 6.07) is 5.76. The van der Waals surface area contributed by atoms with Crippen molar-refractivity contribution in [3.05, 3.63) is 34.4 Å². The molecular weight excluding hydrogens is 392 g/mol. The molecule has 0 amide bonds. The molecule has 0 bridgehead atoms. The zero-order valence-electron chi connectivity index (χ0n) is 15.8. The van der Waals surface area contributed by atoms with Crippen molar-refractivity contribution in [2.24, 2.45) is 0 Å². The zero-order chi connectivity index (χ0) is 19.8. The fourth-order valence-corrected chi connectivity index (χ4v) is 2.27. The van der Waals surface area contributed by atoms with Gasteiger partial charge in [-0.05, 0) is 25.2 Å². The highest BCUT2D eigenvalue weighted by atomic mass is 35.5. The Morgan fingerprint density at radius 3 is 2.43 bits per heavy atom. The van der Waals surface area contributed by atoms with E-state index in [1.807, 2.05) is 0 Å². The number of rotatable bonds is 9. The molecule has 0 fully saturated rings. The Labute approximate surface area is 168 Å². The number of hydrogen-bond donors (Lipinski definition) is 1. The quantitative estimate of drug-likeness (QED) is 0.374. The Morgan fingerprint density at radius 2 is 1.89 bits per heavy atom. The number of non-ortho nitro benzene ring substituents is 1. The molecule has 0 spiro atoms. The molecule has 2 rings (SSSR count). The Morgan fingerprint density at radius 1 is 1.25 bits per heavy atom. The van der Waals surface area contributed by atoms with Crippen LogP contribution in [0.25, 0.3) is 0 Å². The number of nitro groups is 1. The molecule has 154 valence electrons. The third kappa shape index (κ3) is 6.35. The molecule has 0 aliphatic rings. The predicted octanol–water partition coefficient (Wildman–Crippen LogP) is 2.84. The SMILES string of the molecule is CCN(CC)CCn1nc(Nc2ccc([N+](=O)[O-])cc2)c(OC(=O)OC)n1.Cl. The Hall–Kier alpha value is -2.92. The van der Waals surface area contributed by atoms with E-state index in [4.69, 9.17) is 4.74 Å². The van der Waals surface area contributed by atoms with E-state index in [1.165, 1.54) is 36.2 Å². The van der Waals surface area contributed by atoms with Crippen LogP contribution in [0.15, 0.2) is 24.3 Å². The van der Waals surface area contributed by atoms with Gasteiger partial charge < -0.3 is 19.7 Å². The summed E-state index contributed by atoms with van der Waals surface area (Å²) in [5, 5.41) is 22.1. The maximum atomic E-state index is 11.4. The summed E-state index contributed by atoms with van der Waals surface area (Å²) < 4.78 is 9.52. The van der Waals surface area contributed by atoms with Crippen LogP contribution < -0.4 is 10.1 Å². The zero-order valence-corrected chi connectivity index (χ0v) is 16.6. The molecule has 0 saturated heterocycles. The van der Waals surface area contributed by atoms with Crippen LogP contribution in [-0.4, -0.2) is 57.7 Å². The summed E-state index contributed by atoms with van der Waals surface area (Å²) in [6.45, 7) is 7.16. The summed E-state index contributed by atoms with van der Waals surface area (Å²) in [5.41, 5.74) is 0.501. The number of nitrogens with one attached hydrogen (secondary N) is 1. The standard InChI is InChI=1S/C16H22N6O5.ClH/c1-4-20(5-2)10-11-21-18-14(15(19-21)27-16(23)26-3)17-12-6-8-13(9-7-12)22(24)25;/h6-9H,4-5,10-11H2,1-3H3,(H,17,18);1H. The number of nitro benzene ring substituents is 1. The minimum absolute atomic E-state index is 0. The first kappa shape index (κ1) is 23.1. The van der Waals surface area contributed by atoms with Crippen molar-refractivity contribution in [1.82, 2.24) is 19.9 Å². The molecule has 11 nitrogen and oxygen atoms in total. The average Bonchev–Trinajstić information content (AvgIpc) is 3.04. The lowest BCUT2D eigenvalue weighted by Gasteiger charge is -2.16. The van der Waals surface area contributed by atoms with Crippen LogP contribution in [0.2, 0.25) is 0 Å². The lowest BCUT2D eigenvalue weighted by molar-refractivity contribution is -0.384. The minimum Gasteiger partial charge on any atom is -0.437 e. The van der Waals surface area contributed by atoms with Crippen molar-refractivity contribution < 1.29 is 19.2 Å². The third-order valence-corrected chi connectivity index (χ3v) is 3.82. The summed E-state index contributed by atoms with van der Waals surface area (Å²) in [6.07, 6.45) is -0.919. The fourth-order valence-electron chi connectivity index (χ4n) is 2.27. The van der Waals surface area contributed by atoms with Crippen LogP contribution in [0, 0.1) is 10.1 Å². The molecule has 1 aromatic heterocycles. The second kappa shape index (κ2) is 11.0. The number of nitrogens with zero attached hydrogens (tertiary/aromatic N) is 5. The van der Waals surface area contributed by atoms with Gasteiger partial charge in [-0.15, -0.1) is 22.6 Å². The van der Waals surface area contributed by atoms with Crippen LogP contribution >= 0.6 is 12.4 Å². The van der Waals surface area contributed by atoms with Crippen molar-refractivity contribution >= 4 is 35.8 Å². The summed E-state index contributed by atoms with van der Waals surface area (Å²) in [5.74, 6) is 0.161. The fraction of sp³-hybridized carbons (Fsp3) is 0.438. The first-order valence-electron chi connectivity index (χ1n) is 8.41. The molecule has 1 N–H and O–H groups in total. The largest absolute Gasteiger partial charge is 0.515 e. The number of aromatic nitrogens is 3. The lowest BCUT2D eigenvalue weighted by Crippen LogP contribution is -2.27. The minimum atomic E-state index is -0.919. The van der Waals surface area contributed by atoms with Gasteiger partial charge in [0.2, 0.25) is 5.82 Å². The highest BCUT2D eigenvalue weighted by molar-refractivity contribution is 5.85. The van der Waals surface area contributed by atoms with Crippen LogP contribution in [0.4, 0.5) is 22.0 Å². The van der Waals surface area contributed by atoms with Crippen molar-refractivity contribution in [2.75, 3.05) is 32.1 Å². The van der Waals surface area contributed by atoms with Gasteiger partial charge >= 0.3 is 6.16 Å². The maximum absolute atomic E-state index is 11.4. The smallest absolute Gasteiger partial charge is 0.437 e. The van der Waals surface area contributed by atoms with E-state index < -0.39 is 11.1 Å². The van der Waals surface area contributed by atoms with Crippen molar-refractivity contribution in [3.8, 4) is 5.88 Å². The van der Waals surface area contributed by atoms with E-state index in [2.05, 4.69) is 39.0 Å². The second-order valence-electron chi connectivity index (χ2n) is 5.46. The second-order valence-corrected chi connectivity index (χ2v) is 5.46. The number of carbonyl (C=O) groups excluding carboxylic acids is 1. The number of halogens is 1. The van der Waals surface area contributed by atoms with E-state index in [1.54, 1.807) is 0 Å². The van der Waals surface area contributed by atoms with Gasteiger partial charge in [0.1, 0.15) is 0 Å². The molecule has 1 aromatic carbocycles. The number of carbonyl (C=O) groups is 1. The maximum Gasteiger partial charge on any atom is 0.515 e. The summed E-state index contributed by atoms with van der Waals surface area (Å²) in [4.78, 5) is 25.3. The van der Waals surface area contributed by atoms with Crippen LogP contribution in [0.5, 0.6) is 5.88 Å². The molecule has 0 aliphatic heterocycles. The Bertz CT molecular complexity index is 778. The molecule has 28 heavy (non-hydrogen) atoms. The van der Waals surface area contributed by atoms with Gasteiger partial charge in [-0.1, -0.05) is 13.8 Å². The van der Waals surface area contributed by atoms with E-state index in [-0.39, 0.29) is 29.8 Å². The highest BCUT2D eigenvalue weighted by Crippen LogP contribution is 2.25. The highest BCUT2D eigenvalue weighted by Gasteiger charge is 2.18. The molecule has 0 radical (unpaired) electrons. The molecule has 1 heterocycles. The third-order valence-electron chi connectivity index (χ3n) is 3.82. The topological polar surface area (TPSA) is 125 Å². The lowest BCUT2D eigenvalue weighted by atomic mass is 10.3. The summed E-state index contributed by atoms with van der Waals surface area (Å²) >= 11 is 0. The normalized spacial score (nSPS) is 10.3. The van der Waals surface area contributed by atoms with Crippen molar-refractivity contribution in [2.45, 2.75) is 20.4 Å². The number of benzene rings is 1. The van der Waals surface area contributed by atoms with E-state index >= 15 is 0 Å². The van der Waals surface area contributed by atoms with Gasteiger partial charge in [0.25, 0.3) is 11.6 Å². The van der Waals surface area contributed by atoms with Crippen LogP contribution in [-0.2, 0) is 11.3 Å². The van der Waals surface area contributed by atoms with Crippen LogP contribution in [0.3, 0.4) is 0 Å². The van der Waals surface area contributed by atoms with Gasteiger partial charge in [0.05, 0.1) is 18.6 Å². The molecule has 12 heteroatoms. The van der Waals surface area contributed by atoms with Crippen molar-refractivity contribution in [3.63, 3.8) is 0 Å². The Kier molecular flexibility index (Phi) is 9.12. The number of ether oxygens (including phenoxy) is 2. The molecule has 0 aliphatic carbocycles. The average molecular weight is 415 g/mol. The molecule has 0 unspecified atom stereocenters. The van der Waals surface area contributed by atoms with Gasteiger partial charge in [-0.3, -0.25) is 10.1 Å².